The van der Waals surface area contributed by atoms with Crippen molar-refractivity contribution in [1.82, 2.24) is 10.2 Å². The third-order valence-electron chi connectivity index (χ3n) is 5.39. The maximum absolute atomic E-state index is 13.5. The number of sulfonamides is 1. The van der Waals surface area contributed by atoms with Gasteiger partial charge in [0.1, 0.15) is 18.4 Å². The average molecular weight is 492 g/mol. The smallest absolute Gasteiger partial charge is 0.244 e. The largest absolute Gasteiger partial charge is 0.352 e. The number of carbonyl (C=O) groups excluding carboxylic acids is 2. The standard InChI is InChI=1S/C25H34FN3O4S/c1-6-19-10-14-22(15-11-19)29(34(5,32)33)17-24(30)28(16-20-8-12-21(26)13-9-20)23(7-2)25(31)27-18(3)4/h8-15,18,23H,6-7,16-17H2,1-5H3,(H,27,31)/t23-/m1/s1. The number of hydrogen-bond donors (Lipinski definition) is 1. The van der Waals surface area contributed by atoms with Gasteiger partial charge in [0.2, 0.25) is 21.8 Å². The lowest BCUT2D eigenvalue weighted by molar-refractivity contribution is -0.140. The molecule has 34 heavy (non-hydrogen) atoms. The van der Waals surface area contributed by atoms with Crippen LogP contribution < -0.4 is 9.62 Å². The van der Waals surface area contributed by atoms with Crippen molar-refractivity contribution in [2.75, 3.05) is 17.1 Å². The third-order valence-corrected chi connectivity index (χ3v) is 6.54. The lowest BCUT2D eigenvalue weighted by Gasteiger charge is -2.33. The number of benzene rings is 2. The monoisotopic (exact) mass is 491 g/mol. The van der Waals surface area contributed by atoms with E-state index < -0.39 is 34.3 Å². The molecule has 0 aromatic heterocycles. The molecule has 0 unspecified atom stereocenters. The fourth-order valence-corrected chi connectivity index (χ4v) is 4.45. The second kappa shape index (κ2) is 12.0. The maximum atomic E-state index is 13.5. The second-order valence-electron chi connectivity index (χ2n) is 8.53. The number of nitrogens with zero attached hydrogens (tertiary/aromatic N) is 2. The van der Waals surface area contributed by atoms with Gasteiger partial charge in [0.05, 0.1) is 11.9 Å². The van der Waals surface area contributed by atoms with Crippen LogP contribution in [0.5, 0.6) is 0 Å². The normalized spacial score (nSPS) is 12.3. The van der Waals surface area contributed by atoms with Gasteiger partial charge in [0.15, 0.2) is 0 Å². The van der Waals surface area contributed by atoms with Gasteiger partial charge in [-0.2, -0.15) is 0 Å². The summed E-state index contributed by atoms with van der Waals surface area (Å²) < 4.78 is 39.6. The number of rotatable bonds is 11. The molecule has 2 aromatic rings. The van der Waals surface area contributed by atoms with Crippen LogP contribution in [0, 0.1) is 5.82 Å². The van der Waals surface area contributed by atoms with Crippen LogP contribution in [0.1, 0.15) is 45.2 Å². The van der Waals surface area contributed by atoms with E-state index in [1.54, 1.807) is 31.2 Å². The molecule has 0 saturated heterocycles. The van der Waals surface area contributed by atoms with Crippen molar-refractivity contribution in [3.05, 3.63) is 65.5 Å². The third kappa shape index (κ3) is 7.55. The van der Waals surface area contributed by atoms with Gasteiger partial charge >= 0.3 is 0 Å². The Bertz CT molecular complexity index is 1070. The highest BCUT2D eigenvalue weighted by Gasteiger charge is 2.31. The lowest BCUT2D eigenvalue weighted by atomic mass is 10.1. The number of nitrogens with one attached hydrogen (secondary N) is 1. The van der Waals surface area contributed by atoms with Gasteiger partial charge in [-0.15, -0.1) is 0 Å². The number of amides is 2. The Hall–Kier alpha value is -2.94. The molecular formula is C25H34FN3O4S. The number of carbonyl (C=O) groups is 2. The Morgan fingerprint density at radius 2 is 1.53 bits per heavy atom. The van der Waals surface area contributed by atoms with Crippen LogP contribution in [0.2, 0.25) is 0 Å². The van der Waals surface area contributed by atoms with Gasteiger partial charge in [0.25, 0.3) is 0 Å². The van der Waals surface area contributed by atoms with E-state index in [1.807, 2.05) is 32.9 Å². The summed E-state index contributed by atoms with van der Waals surface area (Å²) in [5.74, 6) is -1.27. The molecule has 1 N–H and O–H groups in total. The number of hydrogen-bond acceptors (Lipinski definition) is 4. The van der Waals surface area contributed by atoms with Crippen LogP contribution in [-0.4, -0.2) is 50.0 Å². The molecule has 0 spiro atoms. The Morgan fingerprint density at radius 1 is 0.971 bits per heavy atom. The molecule has 0 fully saturated rings. The second-order valence-corrected chi connectivity index (χ2v) is 10.4. The van der Waals surface area contributed by atoms with Gasteiger partial charge in [-0.05, 0) is 62.1 Å². The van der Waals surface area contributed by atoms with Crippen molar-refractivity contribution in [2.24, 2.45) is 0 Å². The van der Waals surface area contributed by atoms with Gasteiger partial charge in [-0.1, -0.05) is 38.1 Å². The van der Waals surface area contributed by atoms with E-state index in [0.29, 0.717) is 17.7 Å². The summed E-state index contributed by atoms with van der Waals surface area (Å²) in [5, 5.41) is 2.83. The van der Waals surface area contributed by atoms with Crippen LogP contribution in [0.15, 0.2) is 48.5 Å². The summed E-state index contributed by atoms with van der Waals surface area (Å²) in [4.78, 5) is 27.8. The molecule has 0 aliphatic heterocycles. The molecule has 186 valence electrons. The average Bonchev–Trinajstić information content (AvgIpc) is 2.77. The van der Waals surface area contributed by atoms with E-state index >= 15 is 0 Å². The zero-order valence-electron chi connectivity index (χ0n) is 20.4. The first kappa shape index (κ1) is 27.3. The van der Waals surface area contributed by atoms with Gasteiger partial charge < -0.3 is 10.2 Å². The molecule has 2 aromatic carbocycles. The van der Waals surface area contributed by atoms with E-state index in [2.05, 4.69) is 5.32 Å². The zero-order chi connectivity index (χ0) is 25.5. The molecule has 9 heteroatoms. The van der Waals surface area contributed by atoms with Crippen molar-refractivity contribution in [3.63, 3.8) is 0 Å². The van der Waals surface area contributed by atoms with Crippen molar-refractivity contribution in [3.8, 4) is 0 Å². The van der Waals surface area contributed by atoms with E-state index in [9.17, 15) is 22.4 Å². The van der Waals surface area contributed by atoms with Gasteiger partial charge in [-0.25, -0.2) is 12.8 Å². The number of aryl methyl sites for hydroxylation is 1. The summed E-state index contributed by atoms with van der Waals surface area (Å²) in [7, 11) is -3.78. The first-order valence-corrected chi connectivity index (χ1v) is 13.2. The molecule has 0 heterocycles. The zero-order valence-corrected chi connectivity index (χ0v) is 21.2. The maximum Gasteiger partial charge on any atom is 0.244 e. The molecule has 0 aliphatic rings. The Morgan fingerprint density at radius 3 is 2.00 bits per heavy atom. The van der Waals surface area contributed by atoms with Gasteiger partial charge in [0, 0.05) is 12.6 Å². The number of halogens is 1. The quantitative estimate of drug-likeness (QED) is 0.521. The highest BCUT2D eigenvalue weighted by atomic mass is 32.2. The lowest BCUT2D eigenvalue weighted by Crippen LogP contribution is -2.53. The molecule has 0 saturated carbocycles. The van der Waals surface area contributed by atoms with Crippen LogP contribution in [0.25, 0.3) is 0 Å². The van der Waals surface area contributed by atoms with Crippen molar-refractivity contribution < 1.29 is 22.4 Å². The molecule has 2 amide bonds. The Labute approximate surface area is 202 Å². The minimum absolute atomic E-state index is 0.0372. The van der Waals surface area contributed by atoms with E-state index in [0.717, 1.165) is 22.5 Å². The molecule has 0 aliphatic carbocycles. The summed E-state index contributed by atoms with van der Waals surface area (Å²) in [6.07, 6.45) is 2.17. The fourth-order valence-electron chi connectivity index (χ4n) is 3.60. The molecular weight excluding hydrogens is 457 g/mol. The van der Waals surface area contributed by atoms with E-state index in [4.69, 9.17) is 0 Å². The van der Waals surface area contributed by atoms with Crippen LogP contribution in [0.3, 0.4) is 0 Å². The fraction of sp³-hybridized carbons (Fsp3) is 0.440. The summed E-state index contributed by atoms with van der Waals surface area (Å²) in [5.41, 5.74) is 2.04. The van der Waals surface area contributed by atoms with E-state index in [-0.39, 0.29) is 18.5 Å². The summed E-state index contributed by atoms with van der Waals surface area (Å²) >= 11 is 0. The Kier molecular flexibility index (Phi) is 9.61. The Balaban J connectivity index is 2.42. The molecule has 0 radical (unpaired) electrons. The minimum atomic E-state index is -3.78. The topological polar surface area (TPSA) is 86.8 Å². The highest BCUT2D eigenvalue weighted by molar-refractivity contribution is 7.92. The van der Waals surface area contributed by atoms with Crippen molar-refractivity contribution in [2.45, 2.75) is 59.2 Å². The first-order chi connectivity index (χ1) is 16.0. The first-order valence-electron chi connectivity index (χ1n) is 11.4. The summed E-state index contributed by atoms with van der Waals surface area (Å²) in [6.45, 7) is 7.00. The van der Waals surface area contributed by atoms with Crippen LogP contribution in [0.4, 0.5) is 10.1 Å². The predicted molar refractivity (Wildman–Crippen MR) is 132 cm³/mol. The van der Waals surface area contributed by atoms with Crippen molar-refractivity contribution in [1.29, 1.82) is 0 Å². The summed E-state index contributed by atoms with van der Waals surface area (Å²) in [6, 6.07) is 11.7. The van der Waals surface area contributed by atoms with Crippen LogP contribution in [-0.2, 0) is 32.6 Å². The molecule has 1 atom stereocenters. The van der Waals surface area contributed by atoms with Crippen LogP contribution >= 0.6 is 0 Å². The predicted octanol–water partition coefficient (Wildman–Crippen LogP) is 3.49. The highest BCUT2D eigenvalue weighted by Crippen LogP contribution is 2.21. The molecule has 0 bridgehead atoms. The SMILES string of the molecule is CCc1ccc(N(CC(=O)N(Cc2ccc(F)cc2)[C@H](CC)C(=O)NC(C)C)S(C)(=O)=O)cc1. The van der Waals surface area contributed by atoms with E-state index in [1.165, 1.54) is 17.0 Å². The minimum Gasteiger partial charge on any atom is -0.352 e. The number of anilines is 1. The molecule has 7 nitrogen and oxygen atoms in total. The van der Waals surface area contributed by atoms with Crippen molar-refractivity contribution >= 4 is 27.5 Å². The van der Waals surface area contributed by atoms with Gasteiger partial charge in [-0.3, -0.25) is 13.9 Å². The molecule has 2 rings (SSSR count).